The largest absolute Gasteiger partial charge is 0.483 e. The number of nitriles is 1. The second kappa shape index (κ2) is 11.8. The zero-order valence-electron chi connectivity index (χ0n) is 18.9. The van der Waals surface area contributed by atoms with Crippen LogP contribution in [0.15, 0.2) is 76.8 Å². The van der Waals surface area contributed by atoms with Crippen LogP contribution in [0.2, 0.25) is 0 Å². The van der Waals surface area contributed by atoms with Crippen LogP contribution in [0.25, 0.3) is 6.08 Å². The van der Waals surface area contributed by atoms with E-state index < -0.39 is 5.91 Å². The molecule has 0 aliphatic heterocycles. The summed E-state index contributed by atoms with van der Waals surface area (Å²) in [4.78, 5) is 24.6. The second-order valence-corrected chi connectivity index (χ2v) is 8.52. The van der Waals surface area contributed by atoms with Gasteiger partial charge in [-0.2, -0.15) is 5.26 Å². The third-order valence-electron chi connectivity index (χ3n) is 5.08. The van der Waals surface area contributed by atoms with Crippen LogP contribution < -0.4 is 15.4 Å². The van der Waals surface area contributed by atoms with Crippen LogP contribution in [0, 0.1) is 25.2 Å². The first-order chi connectivity index (χ1) is 16.4. The number of carbonyl (C=O) groups is 2. The van der Waals surface area contributed by atoms with Gasteiger partial charge in [0.1, 0.15) is 17.4 Å². The Hall–Kier alpha value is -3.89. The lowest BCUT2D eigenvalue weighted by Gasteiger charge is -2.11. The van der Waals surface area contributed by atoms with Crippen LogP contribution in [0.5, 0.6) is 5.75 Å². The molecular formula is C27H24BrN3O3. The molecular weight excluding hydrogens is 494 g/mol. The standard InChI is InChI=1S/C27H24BrN3O3/c1-18-8-10-23(12-19(18)2)31-26(32)17-34-25-11-9-21(14-24(25)28)13-22(15-29)27(33)30-16-20-6-4-3-5-7-20/h3-14H,16-17H2,1-2H3,(H,30,33)(H,31,32)/b22-13+. The minimum atomic E-state index is -0.453. The molecule has 34 heavy (non-hydrogen) atoms. The highest BCUT2D eigenvalue weighted by molar-refractivity contribution is 9.10. The van der Waals surface area contributed by atoms with Crippen LogP contribution in [-0.2, 0) is 16.1 Å². The zero-order chi connectivity index (χ0) is 24.5. The first-order valence-corrected chi connectivity index (χ1v) is 11.4. The summed E-state index contributed by atoms with van der Waals surface area (Å²) in [6.07, 6.45) is 1.50. The van der Waals surface area contributed by atoms with Gasteiger partial charge >= 0.3 is 0 Å². The first kappa shape index (κ1) is 24.7. The minimum Gasteiger partial charge on any atom is -0.483 e. The molecule has 3 rings (SSSR count). The lowest BCUT2D eigenvalue weighted by Crippen LogP contribution is -2.23. The predicted octanol–water partition coefficient (Wildman–Crippen LogP) is 5.31. The van der Waals surface area contributed by atoms with Crippen molar-refractivity contribution in [1.29, 1.82) is 5.26 Å². The number of hydrogen-bond acceptors (Lipinski definition) is 4. The number of aryl methyl sites for hydroxylation is 2. The summed E-state index contributed by atoms with van der Waals surface area (Å²) >= 11 is 3.42. The van der Waals surface area contributed by atoms with Gasteiger partial charge in [0.05, 0.1) is 4.47 Å². The molecule has 0 radical (unpaired) electrons. The molecule has 7 heteroatoms. The molecule has 0 aromatic heterocycles. The molecule has 0 heterocycles. The lowest BCUT2D eigenvalue weighted by molar-refractivity contribution is -0.118. The number of nitrogens with zero attached hydrogens (tertiary/aromatic N) is 1. The Morgan fingerprint density at radius 2 is 1.79 bits per heavy atom. The van der Waals surface area contributed by atoms with E-state index in [4.69, 9.17) is 4.74 Å². The van der Waals surface area contributed by atoms with Crippen LogP contribution in [-0.4, -0.2) is 18.4 Å². The molecule has 3 aromatic rings. The third-order valence-corrected chi connectivity index (χ3v) is 5.70. The van der Waals surface area contributed by atoms with E-state index in [0.717, 1.165) is 16.7 Å². The number of amides is 2. The molecule has 2 N–H and O–H groups in total. The highest BCUT2D eigenvalue weighted by Crippen LogP contribution is 2.27. The molecule has 0 bridgehead atoms. The van der Waals surface area contributed by atoms with Crippen molar-refractivity contribution in [2.45, 2.75) is 20.4 Å². The van der Waals surface area contributed by atoms with Gasteiger partial charge in [0.2, 0.25) is 0 Å². The van der Waals surface area contributed by atoms with Crippen molar-refractivity contribution >= 4 is 39.5 Å². The summed E-state index contributed by atoms with van der Waals surface area (Å²) < 4.78 is 6.22. The fraction of sp³-hybridized carbons (Fsp3) is 0.148. The van der Waals surface area contributed by atoms with Crippen molar-refractivity contribution in [2.75, 3.05) is 11.9 Å². The van der Waals surface area contributed by atoms with Crippen LogP contribution in [0.4, 0.5) is 5.69 Å². The van der Waals surface area contributed by atoms with Gasteiger partial charge < -0.3 is 15.4 Å². The molecule has 6 nitrogen and oxygen atoms in total. The highest BCUT2D eigenvalue weighted by Gasteiger charge is 2.11. The van der Waals surface area contributed by atoms with E-state index in [1.54, 1.807) is 18.2 Å². The smallest absolute Gasteiger partial charge is 0.262 e. The van der Waals surface area contributed by atoms with Crippen molar-refractivity contribution in [2.24, 2.45) is 0 Å². The maximum atomic E-state index is 12.4. The fourth-order valence-electron chi connectivity index (χ4n) is 3.07. The Kier molecular flexibility index (Phi) is 8.60. The molecule has 172 valence electrons. The molecule has 2 amide bonds. The maximum absolute atomic E-state index is 12.4. The molecule has 0 saturated carbocycles. The Balaban J connectivity index is 1.59. The molecule has 0 fully saturated rings. The number of nitrogens with one attached hydrogen (secondary N) is 2. The first-order valence-electron chi connectivity index (χ1n) is 10.6. The summed E-state index contributed by atoms with van der Waals surface area (Å²) in [5, 5.41) is 15.0. The van der Waals surface area contributed by atoms with Crippen molar-refractivity contribution in [3.8, 4) is 11.8 Å². The topological polar surface area (TPSA) is 91.2 Å². The highest BCUT2D eigenvalue weighted by atomic mass is 79.9. The van der Waals surface area contributed by atoms with Crippen LogP contribution in [0.1, 0.15) is 22.3 Å². The molecule has 0 aliphatic carbocycles. The van der Waals surface area contributed by atoms with Crippen LogP contribution in [0.3, 0.4) is 0 Å². The van der Waals surface area contributed by atoms with E-state index in [1.807, 2.05) is 68.4 Å². The summed E-state index contributed by atoms with van der Waals surface area (Å²) in [6, 6.07) is 22.2. The number of benzene rings is 3. The molecule has 0 unspecified atom stereocenters. The number of halogens is 1. The van der Waals surface area contributed by atoms with Crippen molar-refractivity contribution < 1.29 is 14.3 Å². The van der Waals surface area contributed by atoms with Crippen molar-refractivity contribution in [3.63, 3.8) is 0 Å². The van der Waals surface area contributed by atoms with Gasteiger partial charge in [-0.3, -0.25) is 9.59 Å². The van der Waals surface area contributed by atoms with E-state index in [-0.39, 0.29) is 18.1 Å². The van der Waals surface area contributed by atoms with Gasteiger partial charge in [-0.05, 0) is 82.4 Å². The number of rotatable bonds is 8. The Bertz CT molecular complexity index is 1260. The zero-order valence-corrected chi connectivity index (χ0v) is 20.5. The second-order valence-electron chi connectivity index (χ2n) is 7.66. The van der Waals surface area contributed by atoms with Crippen LogP contribution >= 0.6 is 15.9 Å². The van der Waals surface area contributed by atoms with Gasteiger partial charge in [-0.25, -0.2) is 0 Å². The van der Waals surface area contributed by atoms with Gasteiger partial charge in [-0.1, -0.05) is 42.5 Å². The summed E-state index contributed by atoms with van der Waals surface area (Å²) in [6.45, 7) is 4.17. The Morgan fingerprint density at radius 3 is 2.47 bits per heavy atom. The minimum absolute atomic E-state index is 0.00994. The molecule has 0 spiro atoms. The summed E-state index contributed by atoms with van der Waals surface area (Å²) in [7, 11) is 0. The molecule has 3 aromatic carbocycles. The monoisotopic (exact) mass is 517 g/mol. The lowest BCUT2D eigenvalue weighted by atomic mass is 10.1. The van der Waals surface area contributed by atoms with E-state index >= 15 is 0 Å². The SMILES string of the molecule is Cc1ccc(NC(=O)COc2ccc(/C=C(\C#N)C(=O)NCc3ccccc3)cc2Br)cc1C. The van der Waals surface area contributed by atoms with Gasteiger partial charge in [-0.15, -0.1) is 0 Å². The number of hydrogen-bond donors (Lipinski definition) is 2. The van der Waals surface area contributed by atoms with E-state index in [0.29, 0.717) is 28.0 Å². The predicted molar refractivity (Wildman–Crippen MR) is 136 cm³/mol. The molecule has 0 saturated heterocycles. The number of ether oxygens (including phenoxy) is 1. The van der Waals surface area contributed by atoms with Gasteiger partial charge in [0.25, 0.3) is 11.8 Å². The third kappa shape index (κ3) is 7.06. The summed E-state index contributed by atoms with van der Waals surface area (Å²) in [5.41, 5.74) is 4.54. The van der Waals surface area contributed by atoms with E-state index in [9.17, 15) is 14.9 Å². The quantitative estimate of drug-likeness (QED) is 0.313. The van der Waals surface area contributed by atoms with E-state index in [2.05, 4.69) is 26.6 Å². The summed E-state index contributed by atoms with van der Waals surface area (Å²) in [5.74, 6) is -0.258. The Morgan fingerprint density at radius 1 is 1.03 bits per heavy atom. The van der Waals surface area contributed by atoms with Gasteiger partial charge in [0.15, 0.2) is 6.61 Å². The van der Waals surface area contributed by atoms with Crippen molar-refractivity contribution in [3.05, 3.63) is 99.0 Å². The molecule has 0 atom stereocenters. The number of anilines is 1. The average Bonchev–Trinajstić information content (AvgIpc) is 2.83. The molecule has 0 aliphatic rings. The normalized spacial score (nSPS) is 10.8. The fourth-order valence-corrected chi connectivity index (χ4v) is 3.58. The number of carbonyl (C=O) groups excluding carboxylic acids is 2. The average molecular weight is 518 g/mol. The Labute approximate surface area is 207 Å². The van der Waals surface area contributed by atoms with Crippen molar-refractivity contribution in [1.82, 2.24) is 5.32 Å². The maximum Gasteiger partial charge on any atom is 0.262 e. The van der Waals surface area contributed by atoms with Gasteiger partial charge in [0, 0.05) is 12.2 Å². The van der Waals surface area contributed by atoms with E-state index in [1.165, 1.54) is 6.08 Å².